The fraction of sp³-hybridized carbons (Fsp3) is 0.179. The van der Waals surface area contributed by atoms with Gasteiger partial charge in [0.1, 0.15) is 22.7 Å². The molecule has 2 unspecified atom stereocenters. The lowest BCUT2D eigenvalue weighted by molar-refractivity contribution is -0.0396. The summed E-state index contributed by atoms with van der Waals surface area (Å²) in [5.41, 5.74) is 8.40. The highest BCUT2D eigenvalue weighted by molar-refractivity contribution is 6.14. The van der Waals surface area contributed by atoms with Crippen LogP contribution < -0.4 is 9.47 Å². The predicted octanol–water partition coefficient (Wildman–Crippen LogP) is 10.5. The first-order chi connectivity index (χ1) is 31.8. The molecule has 0 radical (unpaired) electrons. The van der Waals surface area contributed by atoms with Crippen LogP contribution in [0, 0.1) is 0 Å². The fourth-order valence-electron chi connectivity index (χ4n) is 9.17. The number of aromatic nitrogens is 4. The predicted molar refractivity (Wildman–Crippen MR) is 258 cm³/mol. The molecule has 0 spiro atoms. The van der Waals surface area contributed by atoms with Crippen LogP contribution in [0.3, 0.4) is 0 Å². The van der Waals surface area contributed by atoms with Crippen molar-refractivity contribution in [1.82, 2.24) is 19.9 Å². The summed E-state index contributed by atoms with van der Waals surface area (Å²) in [5.74, 6) is 1.41. The number of nitrogens with zero attached hydrogens (tertiary/aromatic N) is 4. The first-order valence-corrected chi connectivity index (χ1v) is 22.1. The summed E-state index contributed by atoms with van der Waals surface area (Å²) in [6.45, 7) is 7.59. The summed E-state index contributed by atoms with van der Waals surface area (Å²) in [4.78, 5) is 45.7. The molecule has 0 saturated heterocycles. The first-order valence-electron chi connectivity index (χ1n) is 22.1. The fourth-order valence-corrected chi connectivity index (χ4v) is 9.17. The van der Waals surface area contributed by atoms with Gasteiger partial charge in [0.25, 0.3) is 0 Å². The Labute approximate surface area is 379 Å². The lowest BCUT2D eigenvalue weighted by Crippen LogP contribution is -2.46. The quantitative estimate of drug-likeness (QED) is 0.0996. The smallest absolute Gasteiger partial charge is 0.193 e. The standard InChI is InChI=1S/2C28H22N2O3/c1-28(2)23(31)15-20-25-24(18-10-6-7-11-19(18)27(20)33-28)30-22-14-17(12-13-21(22)29-25)26(32)16-8-4-3-5-9-16;1-28(2)23(31)15-20-25-24(18-10-6-7-11-19(18)27(20)33-28)29-21-13-12-17(14-22(21)30-25)26(32)16-8-4-3-5-9-16/h2*3-14,23,31H,15H2,1-2H3. The Kier molecular flexibility index (Phi) is 9.65. The van der Waals surface area contributed by atoms with Gasteiger partial charge in [-0.05, 0) is 64.1 Å². The molecule has 324 valence electrons. The Balaban J connectivity index is 0.000000146. The topological polar surface area (TPSA) is 145 Å². The van der Waals surface area contributed by atoms with E-state index in [1.54, 1.807) is 24.3 Å². The van der Waals surface area contributed by atoms with E-state index in [9.17, 15) is 19.8 Å². The van der Waals surface area contributed by atoms with Gasteiger partial charge in [0.15, 0.2) is 11.6 Å². The van der Waals surface area contributed by atoms with Crippen LogP contribution in [0.4, 0.5) is 0 Å². The Hall–Kier alpha value is -7.66. The molecule has 0 amide bonds. The number of rotatable bonds is 4. The minimum atomic E-state index is -0.705. The van der Waals surface area contributed by atoms with E-state index in [1.165, 1.54) is 0 Å². The van der Waals surface area contributed by atoms with E-state index in [0.717, 1.165) is 66.2 Å². The monoisotopic (exact) mass is 868 g/mol. The first kappa shape index (κ1) is 41.1. The van der Waals surface area contributed by atoms with Crippen molar-refractivity contribution >= 4 is 77.2 Å². The lowest BCUT2D eigenvalue weighted by atomic mass is 9.88. The van der Waals surface area contributed by atoms with Gasteiger partial charge < -0.3 is 19.7 Å². The van der Waals surface area contributed by atoms with E-state index in [0.29, 0.717) is 57.2 Å². The van der Waals surface area contributed by atoms with Gasteiger partial charge >= 0.3 is 0 Å². The zero-order valence-corrected chi connectivity index (χ0v) is 36.7. The molecule has 2 atom stereocenters. The van der Waals surface area contributed by atoms with E-state index >= 15 is 0 Å². The third-order valence-corrected chi connectivity index (χ3v) is 13.0. The van der Waals surface area contributed by atoms with Crippen LogP contribution in [0.15, 0.2) is 146 Å². The zero-order chi connectivity index (χ0) is 45.5. The van der Waals surface area contributed by atoms with Gasteiger partial charge in [-0.15, -0.1) is 0 Å². The third kappa shape index (κ3) is 6.88. The van der Waals surface area contributed by atoms with Crippen molar-refractivity contribution in [3.05, 3.63) is 179 Å². The van der Waals surface area contributed by atoms with Crippen molar-refractivity contribution in [2.75, 3.05) is 0 Å². The molecule has 0 fully saturated rings. The molecule has 0 saturated carbocycles. The van der Waals surface area contributed by atoms with Crippen LogP contribution in [-0.2, 0) is 12.8 Å². The van der Waals surface area contributed by atoms with Gasteiger partial charge in [-0.3, -0.25) is 9.59 Å². The number of hydrogen-bond acceptors (Lipinski definition) is 10. The average Bonchev–Trinajstić information content (AvgIpc) is 3.34. The highest BCUT2D eigenvalue weighted by Gasteiger charge is 2.39. The molecule has 2 aliphatic rings. The second-order valence-electron chi connectivity index (χ2n) is 18.2. The van der Waals surface area contributed by atoms with Crippen LogP contribution in [0.5, 0.6) is 11.5 Å². The van der Waals surface area contributed by atoms with Gasteiger partial charge in [-0.2, -0.15) is 0 Å². The normalized spacial score (nSPS) is 17.1. The second kappa shape index (κ2) is 15.5. The van der Waals surface area contributed by atoms with Crippen LogP contribution in [0.25, 0.3) is 65.7 Å². The Morgan fingerprint density at radius 2 is 0.788 bits per heavy atom. The van der Waals surface area contributed by atoms with E-state index in [-0.39, 0.29) is 11.6 Å². The van der Waals surface area contributed by atoms with Crippen molar-refractivity contribution in [3.8, 4) is 11.5 Å². The van der Waals surface area contributed by atoms with Gasteiger partial charge in [-0.25, -0.2) is 19.9 Å². The molecule has 10 heteroatoms. The van der Waals surface area contributed by atoms with Crippen LogP contribution in [0.2, 0.25) is 0 Å². The number of aliphatic hydroxyl groups excluding tert-OH is 2. The molecule has 2 N–H and O–H groups in total. The van der Waals surface area contributed by atoms with E-state index in [1.807, 2.05) is 149 Å². The number of hydrogen-bond donors (Lipinski definition) is 2. The zero-order valence-electron chi connectivity index (χ0n) is 36.7. The maximum atomic E-state index is 13.0. The minimum absolute atomic E-state index is 0.0477. The molecule has 12 rings (SSSR count). The number of carbonyl (C=O) groups excluding carboxylic acids is 2. The Morgan fingerprint density at radius 3 is 1.21 bits per heavy atom. The van der Waals surface area contributed by atoms with Gasteiger partial charge in [-0.1, -0.05) is 109 Å². The minimum Gasteiger partial charge on any atom is -0.484 e. The van der Waals surface area contributed by atoms with E-state index in [4.69, 9.17) is 29.4 Å². The van der Waals surface area contributed by atoms with Crippen molar-refractivity contribution in [3.63, 3.8) is 0 Å². The molecule has 4 heterocycles. The highest BCUT2D eigenvalue weighted by Crippen LogP contribution is 2.45. The molecule has 10 aromatic rings. The number of fused-ring (bicyclic) bond motifs is 14. The van der Waals surface area contributed by atoms with Crippen molar-refractivity contribution in [2.45, 2.75) is 63.9 Å². The highest BCUT2D eigenvalue weighted by atomic mass is 16.5. The molecule has 8 aromatic carbocycles. The Bertz CT molecular complexity index is 3630. The SMILES string of the molecule is CC1(C)Oc2c(c3nc4cc(C(=O)c5ccccc5)ccc4nc3c3ccccc23)CC1O.CC1(C)Oc2c(c3nc4ccc(C(=O)c5ccccc5)cc4nc3c3ccccc23)CC1O. The number of carbonyl (C=O) groups is 2. The van der Waals surface area contributed by atoms with Crippen LogP contribution in [0.1, 0.15) is 70.7 Å². The molecule has 0 aliphatic carbocycles. The van der Waals surface area contributed by atoms with Crippen LogP contribution in [-0.4, -0.2) is 65.1 Å². The molecular formula is C56H44N4O6. The number of benzene rings is 8. The number of ether oxygens (including phenoxy) is 2. The van der Waals surface area contributed by atoms with E-state index in [2.05, 4.69) is 0 Å². The summed E-state index contributed by atoms with van der Waals surface area (Å²) in [7, 11) is 0. The molecular weight excluding hydrogens is 825 g/mol. The summed E-state index contributed by atoms with van der Waals surface area (Å²) in [5, 5.41) is 25.3. The summed E-state index contributed by atoms with van der Waals surface area (Å²) in [6.07, 6.45) is -0.462. The maximum Gasteiger partial charge on any atom is 0.193 e. The molecule has 0 bridgehead atoms. The molecule has 66 heavy (non-hydrogen) atoms. The largest absolute Gasteiger partial charge is 0.484 e. The molecule has 2 aliphatic heterocycles. The number of aliphatic hydroxyl groups is 2. The van der Waals surface area contributed by atoms with Gasteiger partial charge in [0, 0.05) is 67.8 Å². The molecule has 10 nitrogen and oxygen atoms in total. The second-order valence-corrected chi connectivity index (χ2v) is 18.2. The summed E-state index contributed by atoms with van der Waals surface area (Å²) in [6, 6.07) is 45.3. The Morgan fingerprint density at radius 1 is 0.439 bits per heavy atom. The molecule has 2 aromatic heterocycles. The van der Waals surface area contributed by atoms with Gasteiger partial charge in [0.2, 0.25) is 0 Å². The summed E-state index contributed by atoms with van der Waals surface area (Å²) < 4.78 is 12.6. The third-order valence-electron chi connectivity index (χ3n) is 13.0. The van der Waals surface area contributed by atoms with Crippen molar-refractivity contribution in [1.29, 1.82) is 0 Å². The van der Waals surface area contributed by atoms with Gasteiger partial charge in [0.05, 0.1) is 56.3 Å². The van der Waals surface area contributed by atoms with Crippen LogP contribution >= 0.6 is 0 Å². The van der Waals surface area contributed by atoms with Crippen molar-refractivity contribution < 1.29 is 29.3 Å². The number of ketones is 2. The van der Waals surface area contributed by atoms with Crippen molar-refractivity contribution in [2.24, 2.45) is 0 Å². The maximum absolute atomic E-state index is 13.0. The lowest BCUT2D eigenvalue weighted by Gasteiger charge is -2.38. The van der Waals surface area contributed by atoms with E-state index < -0.39 is 23.4 Å². The summed E-state index contributed by atoms with van der Waals surface area (Å²) >= 11 is 0. The average molecular weight is 869 g/mol.